The summed E-state index contributed by atoms with van der Waals surface area (Å²) in [5.41, 5.74) is 0. The monoisotopic (exact) mass is 275 g/mol. The van der Waals surface area contributed by atoms with Gasteiger partial charge in [-0.05, 0) is 13.3 Å². The van der Waals surface area contributed by atoms with Crippen LogP contribution in [0.1, 0.15) is 26.7 Å². The van der Waals surface area contributed by atoms with Crippen molar-refractivity contribution < 1.29 is 24.6 Å². The first-order valence-corrected chi connectivity index (χ1v) is 6.58. The second-order valence-corrected chi connectivity index (χ2v) is 6.14. The van der Waals surface area contributed by atoms with Crippen LogP contribution < -0.4 is 5.32 Å². The number of ketones is 1. The lowest BCUT2D eigenvalue weighted by atomic mass is 10.1. The van der Waals surface area contributed by atoms with Crippen molar-refractivity contribution in [3.63, 3.8) is 0 Å². The maximum atomic E-state index is 11.7. The van der Waals surface area contributed by atoms with Crippen LogP contribution in [0.15, 0.2) is 0 Å². The summed E-state index contributed by atoms with van der Waals surface area (Å²) >= 11 is 1.17. The third-order valence-corrected chi connectivity index (χ3v) is 4.41. The number of thioether (sulfide) groups is 1. The fourth-order valence-electron chi connectivity index (χ4n) is 1.89. The molecule has 1 aliphatic carbocycles. The molecule has 1 amide bonds. The molecule has 0 radical (unpaired) electrons. The van der Waals surface area contributed by atoms with Gasteiger partial charge in [0.25, 0.3) is 0 Å². The molecule has 1 aliphatic rings. The number of nitrogens with one attached hydrogen (secondary N) is 1. The maximum Gasteiger partial charge on any atom is 0.327 e. The van der Waals surface area contributed by atoms with Crippen LogP contribution in [0.4, 0.5) is 0 Å². The van der Waals surface area contributed by atoms with Crippen molar-refractivity contribution in [2.45, 2.75) is 43.6 Å². The van der Waals surface area contributed by atoms with Gasteiger partial charge in [-0.2, -0.15) is 0 Å². The summed E-state index contributed by atoms with van der Waals surface area (Å²) in [6, 6.07) is -1.02. The molecule has 6 nitrogen and oxygen atoms in total. The summed E-state index contributed by atoms with van der Waals surface area (Å²) in [6.07, 6.45) is -0.219. The van der Waals surface area contributed by atoms with Gasteiger partial charge in [-0.15, -0.1) is 11.8 Å². The molecule has 18 heavy (non-hydrogen) atoms. The number of carboxylic acids is 1. The lowest BCUT2D eigenvalue weighted by Gasteiger charge is -2.23. The van der Waals surface area contributed by atoms with Crippen molar-refractivity contribution in [3.05, 3.63) is 0 Å². The summed E-state index contributed by atoms with van der Waals surface area (Å²) < 4.78 is -0.758. The summed E-state index contributed by atoms with van der Waals surface area (Å²) in [6.45, 7) is 2.94. The van der Waals surface area contributed by atoms with E-state index in [-0.39, 0.29) is 18.0 Å². The number of Topliss-reactive ketones (excluding diaryl/α,β-unsaturated/α-hetero) is 1. The van der Waals surface area contributed by atoms with Gasteiger partial charge in [0.2, 0.25) is 5.91 Å². The van der Waals surface area contributed by atoms with Crippen LogP contribution >= 0.6 is 11.8 Å². The molecule has 1 unspecified atom stereocenters. The highest BCUT2D eigenvalue weighted by Crippen LogP contribution is 2.38. The predicted molar refractivity (Wildman–Crippen MR) is 66.4 cm³/mol. The summed E-state index contributed by atoms with van der Waals surface area (Å²) in [7, 11) is 0. The Morgan fingerprint density at radius 2 is 2.22 bits per heavy atom. The van der Waals surface area contributed by atoms with Crippen LogP contribution in [-0.2, 0) is 14.4 Å². The highest BCUT2D eigenvalue weighted by Gasteiger charge is 2.43. The van der Waals surface area contributed by atoms with Gasteiger partial charge in [-0.25, -0.2) is 4.79 Å². The van der Waals surface area contributed by atoms with Crippen molar-refractivity contribution in [3.8, 4) is 0 Å². The second kappa shape index (κ2) is 5.71. The largest absolute Gasteiger partial charge is 0.480 e. The molecule has 0 aromatic carbocycles. The van der Waals surface area contributed by atoms with E-state index in [1.807, 2.05) is 0 Å². The van der Waals surface area contributed by atoms with Crippen molar-refractivity contribution in [1.82, 2.24) is 5.32 Å². The highest BCUT2D eigenvalue weighted by atomic mass is 32.2. The molecule has 1 rings (SSSR count). The molecule has 7 heteroatoms. The number of aliphatic carboxylic acids is 1. The van der Waals surface area contributed by atoms with E-state index in [1.54, 1.807) is 6.92 Å². The van der Waals surface area contributed by atoms with Crippen LogP contribution in [0.3, 0.4) is 0 Å². The quantitative estimate of drug-likeness (QED) is 0.641. The standard InChI is InChI=1S/C11H17NO5S/c1-6(13)12-8(10(16)17)5-18-11(2)4-7(14)3-9(11)15/h7-8,14H,3-5H2,1-2H3,(H,12,13)(H,16,17)/t7-,8-,11?/m0/s1. The first-order valence-electron chi connectivity index (χ1n) is 5.60. The van der Waals surface area contributed by atoms with E-state index in [0.29, 0.717) is 6.42 Å². The van der Waals surface area contributed by atoms with Gasteiger partial charge in [0.1, 0.15) is 6.04 Å². The zero-order valence-corrected chi connectivity index (χ0v) is 11.1. The average molecular weight is 275 g/mol. The Morgan fingerprint density at radius 1 is 1.61 bits per heavy atom. The van der Waals surface area contributed by atoms with Crippen LogP contribution in [-0.4, -0.2) is 50.5 Å². The van der Waals surface area contributed by atoms with Gasteiger partial charge in [0.15, 0.2) is 5.78 Å². The zero-order chi connectivity index (χ0) is 13.9. The molecule has 1 fully saturated rings. The Balaban J connectivity index is 2.59. The number of rotatable bonds is 5. The van der Waals surface area contributed by atoms with Crippen LogP contribution in [0, 0.1) is 0 Å². The third-order valence-electron chi connectivity index (χ3n) is 2.88. The molecule has 0 bridgehead atoms. The Bertz CT molecular complexity index is 372. The molecule has 0 spiro atoms. The number of carboxylic acid groups (broad SMARTS) is 1. The lowest BCUT2D eigenvalue weighted by molar-refractivity contribution is -0.140. The molecule has 3 N–H and O–H groups in total. The van der Waals surface area contributed by atoms with E-state index in [2.05, 4.69) is 5.32 Å². The Hall–Kier alpha value is -1.08. The van der Waals surface area contributed by atoms with E-state index in [0.717, 1.165) is 0 Å². The van der Waals surface area contributed by atoms with Crippen molar-refractivity contribution in [1.29, 1.82) is 0 Å². The van der Waals surface area contributed by atoms with E-state index in [4.69, 9.17) is 5.11 Å². The fraction of sp³-hybridized carbons (Fsp3) is 0.727. The second-order valence-electron chi connectivity index (χ2n) is 4.62. The van der Waals surface area contributed by atoms with E-state index >= 15 is 0 Å². The number of carbonyl (C=O) groups excluding carboxylic acids is 2. The molecule has 0 heterocycles. The number of hydrogen-bond donors (Lipinski definition) is 3. The smallest absolute Gasteiger partial charge is 0.327 e. The van der Waals surface area contributed by atoms with Crippen LogP contribution in [0.5, 0.6) is 0 Å². The number of aliphatic hydroxyl groups excluding tert-OH is 1. The number of amides is 1. The third kappa shape index (κ3) is 3.71. The van der Waals surface area contributed by atoms with Gasteiger partial charge in [-0.3, -0.25) is 9.59 Å². The minimum atomic E-state index is -1.13. The van der Waals surface area contributed by atoms with Gasteiger partial charge in [-0.1, -0.05) is 0 Å². The molecule has 102 valence electrons. The first kappa shape index (κ1) is 15.0. The SMILES string of the molecule is CC(=O)N[C@@H](CSC1(C)C[C@@H](O)CC1=O)C(=O)O. The molecule has 1 saturated carbocycles. The summed E-state index contributed by atoms with van der Waals surface area (Å²) in [5.74, 6) is -1.53. The molecule has 3 atom stereocenters. The molecule has 0 aromatic rings. The minimum Gasteiger partial charge on any atom is -0.480 e. The maximum absolute atomic E-state index is 11.7. The summed E-state index contributed by atoms with van der Waals surface area (Å²) in [4.78, 5) is 33.5. The van der Waals surface area contributed by atoms with E-state index in [9.17, 15) is 19.5 Å². The first-order chi connectivity index (χ1) is 8.24. The normalized spacial score (nSPS) is 29.1. The molecule has 0 aliphatic heterocycles. The summed E-state index contributed by atoms with van der Waals surface area (Å²) in [5, 5.41) is 20.7. The molecule has 0 saturated heterocycles. The van der Waals surface area contributed by atoms with Gasteiger partial charge in [0.05, 0.1) is 10.9 Å². The fourth-order valence-corrected chi connectivity index (χ4v) is 3.21. The van der Waals surface area contributed by atoms with Crippen LogP contribution in [0.2, 0.25) is 0 Å². The minimum absolute atomic E-state index is 0.0769. The van der Waals surface area contributed by atoms with Crippen molar-refractivity contribution >= 4 is 29.4 Å². The number of hydrogen-bond acceptors (Lipinski definition) is 5. The predicted octanol–water partition coefficient (Wildman–Crippen LogP) is -0.209. The van der Waals surface area contributed by atoms with Crippen molar-refractivity contribution in [2.24, 2.45) is 0 Å². The molecular formula is C11H17NO5S. The lowest BCUT2D eigenvalue weighted by Crippen LogP contribution is -2.43. The zero-order valence-electron chi connectivity index (χ0n) is 10.3. The Morgan fingerprint density at radius 3 is 2.61 bits per heavy atom. The molecular weight excluding hydrogens is 258 g/mol. The van der Waals surface area contributed by atoms with Crippen molar-refractivity contribution in [2.75, 3.05) is 5.75 Å². The number of carbonyl (C=O) groups is 3. The van der Waals surface area contributed by atoms with Gasteiger partial charge < -0.3 is 15.5 Å². The van der Waals surface area contributed by atoms with E-state index < -0.39 is 28.8 Å². The number of aliphatic hydroxyl groups is 1. The van der Waals surface area contributed by atoms with Gasteiger partial charge in [0, 0.05) is 19.1 Å². The Kier molecular flexibility index (Phi) is 4.75. The van der Waals surface area contributed by atoms with Crippen LogP contribution in [0.25, 0.3) is 0 Å². The topological polar surface area (TPSA) is 104 Å². The highest BCUT2D eigenvalue weighted by molar-refractivity contribution is 8.01. The van der Waals surface area contributed by atoms with E-state index in [1.165, 1.54) is 18.7 Å². The van der Waals surface area contributed by atoms with Gasteiger partial charge >= 0.3 is 5.97 Å². The Labute approximate surface area is 109 Å². The molecule has 0 aromatic heterocycles. The average Bonchev–Trinajstić information content (AvgIpc) is 2.47.